The Hall–Kier alpha value is -2.51. The molecule has 0 saturated carbocycles. The van der Waals surface area contributed by atoms with Gasteiger partial charge in [0.25, 0.3) is 5.91 Å². The normalized spacial score (nSPS) is 12.4. The van der Waals surface area contributed by atoms with Crippen molar-refractivity contribution >= 4 is 27.7 Å². The van der Waals surface area contributed by atoms with Crippen LogP contribution < -0.4 is 14.9 Å². The number of rotatable bonds is 10. The first-order chi connectivity index (χ1) is 14.7. The van der Waals surface area contributed by atoms with Crippen LogP contribution in [0.3, 0.4) is 0 Å². The summed E-state index contributed by atoms with van der Waals surface area (Å²) in [6.07, 6.45) is 0. The van der Waals surface area contributed by atoms with Gasteiger partial charge < -0.3 is 4.74 Å². The number of ether oxygens (including phenoxy) is 1. The van der Waals surface area contributed by atoms with Gasteiger partial charge in [-0.05, 0) is 50.6 Å². The van der Waals surface area contributed by atoms with Gasteiger partial charge in [-0.1, -0.05) is 36.3 Å². The van der Waals surface area contributed by atoms with Gasteiger partial charge in [0.2, 0.25) is 10.0 Å². The molecule has 0 spiro atoms. The second-order valence-corrected chi connectivity index (χ2v) is 10.4. The van der Waals surface area contributed by atoms with Gasteiger partial charge in [-0.2, -0.15) is 4.72 Å². The van der Waals surface area contributed by atoms with Crippen molar-refractivity contribution in [2.45, 2.75) is 42.2 Å². The summed E-state index contributed by atoms with van der Waals surface area (Å²) in [5.41, 5.74) is 2.61. The van der Waals surface area contributed by atoms with Gasteiger partial charge in [0, 0.05) is 10.5 Å². The first kappa shape index (κ1) is 24.8. The molecule has 0 radical (unpaired) electrons. The third-order valence-electron chi connectivity index (χ3n) is 4.42. The highest BCUT2D eigenvalue weighted by molar-refractivity contribution is 8.00. The van der Waals surface area contributed by atoms with Crippen LogP contribution in [0.1, 0.15) is 26.3 Å². The molecule has 31 heavy (non-hydrogen) atoms. The standard InChI is InChI=1S/C22H26N2O5S2/c1-4-5-15-29-18-11-13-19(14-12-18)31(27,28)24-20(21(25)23-26)22(2,3)30-16-17-9-7-6-8-10-17/h6-14,20,24,26H,15-16H2,1-3H3,(H,23,25). The number of sulfonamides is 1. The second kappa shape index (κ2) is 11.2. The minimum atomic E-state index is -4.04. The Morgan fingerprint density at radius 3 is 2.39 bits per heavy atom. The quantitative estimate of drug-likeness (QED) is 0.285. The fraction of sp³-hybridized carbons (Fsp3) is 0.318. The maximum atomic E-state index is 12.9. The molecule has 2 rings (SSSR count). The van der Waals surface area contributed by atoms with E-state index in [4.69, 9.17) is 4.74 Å². The van der Waals surface area contributed by atoms with E-state index in [0.29, 0.717) is 11.5 Å². The Morgan fingerprint density at radius 1 is 1.16 bits per heavy atom. The van der Waals surface area contributed by atoms with Crippen LogP contribution in [-0.4, -0.2) is 36.9 Å². The van der Waals surface area contributed by atoms with Crippen molar-refractivity contribution in [2.24, 2.45) is 0 Å². The minimum absolute atomic E-state index is 0.0268. The molecule has 2 aromatic rings. The van der Waals surface area contributed by atoms with Gasteiger partial charge in [-0.15, -0.1) is 17.7 Å². The van der Waals surface area contributed by atoms with Gasteiger partial charge in [0.05, 0.1) is 4.90 Å². The number of thioether (sulfide) groups is 1. The van der Waals surface area contributed by atoms with Crippen LogP contribution in [0.4, 0.5) is 0 Å². The van der Waals surface area contributed by atoms with Crippen molar-refractivity contribution in [3.63, 3.8) is 0 Å². The van der Waals surface area contributed by atoms with Crippen molar-refractivity contribution < 1.29 is 23.2 Å². The summed E-state index contributed by atoms with van der Waals surface area (Å²) >= 11 is 1.40. The van der Waals surface area contributed by atoms with Crippen LogP contribution in [0.15, 0.2) is 59.5 Å². The van der Waals surface area contributed by atoms with Gasteiger partial charge in [-0.3, -0.25) is 10.0 Å². The highest BCUT2D eigenvalue weighted by Crippen LogP contribution is 2.32. The number of nitrogens with one attached hydrogen (secondary N) is 2. The highest BCUT2D eigenvalue weighted by atomic mass is 32.2. The fourth-order valence-electron chi connectivity index (χ4n) is 2.63. The van der Waals surface area contributed by atoms with Crippen LogP contribution in [0, 0.1) is 11.8 Å². The smallest absolute Gasteiger partial charge is 0.262 e. The number of amides is 1. The lowest BCUT2D eigenvalue weighted by molar-refractivity contribution is -0.131. The Bertz CT molecular complexity index is 1030. The molecule has 0 aromatic heterocycles. The Kier molecular flexibility index (Phi) is 8.95. The molecule has 1 atom stereocenters. The molecule has 0 saturated heterocycles. The Balaban J connectivity index is 2.17. The molecule has 1 amide bonds. The predicted molar refractivity (Wildman–Crippen MR) is 121 cm³/mol. The molecule has 7 nitrogen and oxygen atoms in total. The van der Waals surface area contributed by atoms with E-state index in [0.717, 1.165) is 5.56 Å². The fourth-order valence-corrected chi connectivity index (χ4v) is 5.11. The number of hydrogen-bond acceptors (Lipinski definition) is 6. The summed E-state index contributed by atoms with van der Waals surface area (Å²) in [4.78, 5) is 12.3. The largest absolute Gasteiger partial charge is 0.481 e. The molecule has 0 fully saturated rings. The van der Waals surface area contributed by atoms with Crippen molar-refractivity contribution in [3.05, 3.63) is 60.2 Å². The number of hydrogen-bond donors (Lipinski definition) is 3. The third-order valence-corrected chi connectivity index (χ3v) is 7.31. The molecular formula is C22H26N2O5S2. The zero-order valence-corrected chi connectivity index (χ0v) is 19.2. The lowest BCUT2D eigenvalue weighted by atomic mass is 10.0. The topological polar surface area (TPSA) is 105 Å². The molecule has 0 aliphatic rings. The maximum Gasteiger partial charge on any atom is 0.262 e. The van der Waals surface area contributed by atoms with Gasteiger partial charge in [0.15, 0.2) is 0 Å². The average molecular weight is 463 g/mol. The Morgan fingerprint density at radius 2 is 1.81 bits per heavy atom. The average Bonchev–Trinajstić information content (AvgIpc) is 2.77. The molecule has 166 valence electrons. The van der Waals surface area contributed by atoms with Crippen LogP contribution in [0.5, 0.6) is 5.75 Å². The minimum Gasteiger partial charge on any atom is -0.481 e. The first-order valence-corrected chi connectivity index (χ1v) is 11.9. The SMILES string of the molecule is CC#CCOc1ccc(S(=O)(=O)NC(C(=O)NO)C(C)(C)SCc2ccccc2)cc1. The summed E-state index contributed by atoms with van der Waals surface area (Å²) in [7, 11) is -4.04. The van der Waals surface area contributed by atoms with Crippen LogP contribution in [0.25, 0.3) is 0 Å². The zero-order valence-electron chi connectivity index (χ0n) is 17.6. The second-order valence-electron chi connectivity index (χ2n) is 7.09. The van der Waals surface area contributed by atoms with Crippen molar-refractivity contribution in [3.8, 4) is 17.6 Å². The summed E-state index contributed by atoms with van der Waals surface area (Å²) in [5, 5.41) is 9.19. The van der Waals surface area contributed by atoms with E-state index in [9.17, 15) is 18.4 Å². The number of carbonyl (C=O) groups is 1. The van der Waals surface area contributed by atoms with Crippen LogP contribution in [0.2, 0.25) is 0 Å². The number of carbonyl (C=O) groups excluding carboxylic acids is 1. The molecule has 1 unspecified atom stereocenters. The van der Waals surface area contributed by atoms with Crippen LogP contribution in [-0.2, 0) is 20.6 Å². The third kappa shape index (κ3) is 7.29. The predicted octanol–water partition coefficient (Wildman–Crippen LogP) is 2.95. The summed E-state index contributed by atoms with van der Waals surface area (Å²) < 4.78 is 32.8. The lowest BCUT2D eigenvalue weighted by Crippen LogP contribution is -2.55. The first-order valence-electron chi connectivity index (χ1n) is 9.46. The zero-order chi connectivity index (χ0) is 22.9. The van der Waals surface area contributed by atoms with E-state index in [1.807, 2.05) is 30.3 Å². The van der Waals surface area contributed by atoms with Gasteiger partial charge in [-0.25, -0.2) is 13.9 Å². The van der Waals surface area contributed by atoms with Crippen molar-refractivity contribution in [1.29, 1.82) is 0 Å². The lowest BCUT2D eigenvalue weighted by Gasteiger charge is -2.32. The van der Waals surface area contributed by atoms with E-state index < -0.39 is 26.7 Å². The van der Waals surface area contributed by atoms with Crippen molar-refractivity contribution in [2.75, 3.05) is 6.61 Å². The summed E-state index contributed by atoms with van der Waals surface area (Å²) in [6, 6.07) is 14.2. The number of benzene rings is 2. The van der Waals surface area contributed by atoms with Gasteiger partial charge in [0.1, 0.15) is 18.4 Å². The van der Waals surface area contributed by atoms with Crippen LogP contribution >= 0.6 is 11.8 Å². The Labute approximate surface area is 187 Å². The summed E-state index contributed by atoms with van der Waals surface area (Å²) in [5.74, 6) is 5.66. The molecule has 0 bridgehead atoms. The molecule has 9 heteroatoms. The van der Waals surface area contributed by atoms with Gasteiger partial charge >= 0.3 is 0 Å². The highest BCUT2D eigenvalue weighted by Gasteiger charge is 2.39. The summed E-state index contributed by atoms with van der Waals surface area (Å²) in [6.45, 7) is 5.39. The van der Waals surface area contributed by atoms with E-state index >= 15 is 0 Å². The monoisotopic (exact) mass is 462 g/mol. The van der Waals surface area contributed by atoms with E-state index in [1.54, 1.807) is 26.3 Å². The van der Waals surface area contributed by atoms with Crippen molar-refractivity contribution in [1.82, 2.24) is 10.2 Å². The molecule has 2 aromatic carbocycles. The molecular weight excluding hydrogens is 436 g/mol. The molecule has 0 aliphatic carbocycles. The van der Waals surface area contributed by atoms with E-state index in [2.05, 4.69) is 16.6 Å². The molecule has 0 heterocycles. The van der Waals surface area contributed by atoms with E-state index in [-0.39, 0.29) is 11.5 Å². The number of hydroxylamine groups is 1. The van der Waals surface area contributed by atoms with E-state index in [1.165, 1.54) is 36.0 Å². The maximum absolute atomic E-state index is 12.9. The molecule has 3 N–H and O–H groups in total. The molecule has 0 aliphatic heterocycles.